The van der Waals surface area contributed by atoms with E-state index in [1.807, 2.05) is 0 Å². The SMILES string of the molecule is CC(C)CCNC1=NCCN1. The van der Waals surface area contributed by atoms with Crippen LogP contribution in [0.5, 0.6) is 0 Å². The zero-order valence-corrected chi connectivity index (χ0v) is 7.35. The maximum absolute atomic E-state index is 4.23. The van der Waals surface area contributed by atoms with Crippen LogP contribution in [0.3, 0.4) is 0 Å². The molecule has 0 aromatic heterocycles. The molecule has 1 aliphatic rings. The Labute approximate surface area is 68.3 Å². The Hall–Kier alpha value is -0.730. The molecule has 0 atom stereocenters. The molecule has 11 heavy (non-hydrogen) atoms. The van der Waals surface area contributed by atoms with E-state index in [-0.39, 0.29) is 0 Å². The van der Waals surface area contributed by atoms with Crippen molar-refractivity contribution >= 4 is 5.96 Å². The molecule has 64 valence electrons. The van der Waals surface area contributed by atoms with E-state index in [0.717, 1.165) is 31.5 Å². The third-order valence-corrected chi connectivity index (χ3v) is 1.69. The lowest BCUT2D eigenvalue weighted by atomic mass is 10.1. The number of rotatable bonds is 3. The molecule has 0 aromatic carbocycles. The lowest BCUT2D eigenvalue weighted by molar-refractivity contribution is 0.576. The number of guanidine groups is 1. The third kappa shape index (κ3) is 3.25. The second-order valence-electron chi connectivity index (χ2n) is 3.27. The van der Waals surface area contributed by atoms with Crippen LogP contribution in [0.15, 0.2) is 4.99 Å². The van der Waals surface area contributed by atoms with Gasteiger partial charge < -0.3 is 10.6 Å². The van der Waals surface area contributed by atoms with E-state index in [4.69, 9.17) is 0 Å². The van der Waals surface area contributed by atoms with E-state index in [1.165, 1.54) is 6.42 Å². The van der Waals surface area contributed by atoms with Crippen molar-refractivity contribution in [3.05, 3.63) is 0 Å². The first kappa shape index (κ1) is 8.37. The second kappa shape index (κ2) is 4.21. The Bertz CT molecular complexity index is 140. The molecule has 0 bridgehead atoms. The molecule has 3 nitrogen and oxygen atoms in total. The Kier molecular flexibility index (Phi) is 3.20. The highest BCUT2D eigenvalue weighted by Crippen LogP contribution is 1.96. The van der Waals surface area contributed by atoms with Gasteiger partial charge in [0.15, 0.2) is 5.96 Å². The van der Waals surface area contributed by atoms with Gasteiger partial charge >= 0.3 is 0 Å². The van der Waals surface area contributed by atoms with Crippen LogP contribution in [0.2, 0.25) is 0 Å². The average molecular weight is 155 g/mol. The fourth-order valence-corrected chi connectivity index (χ4v) is 0.996. The van der Waals surface area contributed by atoms with Gasteiger partial charge in [0.25, 0.3) is 0 Å². The molecule has 0 spiro atoms. The number of nitrogens with one attached hydrogen (secondary N) is 2. The van der Waals surface area contributed by atoms with Gasteiger partial charge in [-0.3, -0.25) is 4.99 Å². The Balaban J connectivity index is 2.03. The van der Waals surface area contributed by atoms with Crippen LogP contribution >= 0.6 is 0 Å². The molecule has 0 radical (unpaired) electrons. The molecular formula is C8H17N3. The Morgan fingerprint density at radius 2 is 2.45 bits per heavy atom. The molecule has 3 heteroatoms. The molecule has 0 saturated heterocycles. The second-order valence-corrected chi connectivity index (χ2v) is 3.27. The summed E-state index contributed by atoms with van der Waals surface area (Å²) in [5.41, 5.74) is 0. The fraction of sp³-hybridized carbons (Fsp3) is 0.875. The van der Waals surface area contributed by atoms with Crippen LogP contribution in [-0.2, 0) is 0 Å². The summed E-state index contributed by atoms with van der Waals surface area (Å²) in [6, 6.07) is 0. The minimum atomic E-state index is 0.768. The summed E-state index contributed by atoms with van der Waals surface area (Å²) >= 11 is 0. The highest BCUT2D eigenvalue weighted by atomic mass is 15.2. The quantitative estimate of drug-likeness (QED) is 0.625. The predicted octanol–water partition coefficient (Wildman–Crippen LogP) is 0.581. The van der Waals surface area contributed by atoms with Crippen LogP contribution < -0.4 is 10.6 Å². The minimum absolute atomic E-state index is 0.768. The standard InChI is InChI=1S/C8H17N3/c1-7(2)3-4-9-8-10-5-6-11-8/h7H,3-6H2,1-2H3,(H2,9,10,11). The molecule has 0 amide bonds. The lowest BCUT2D eigenvalue weighted by Gasteiger charge is -2.07. The van der Waals surface area contributed by atoms with Crippen LogP contribution in [0, 0.1) is 5.92 Å². The van der Waals surface area contributed by atoms with Gasteiger partial charge in [-0.2, -0.15) is 0 Å². The van der Waals surface area contributed by atoms with Gasteiger partial charge in [0.05, 0.1) is 6.54 Å². The van der Waals surface area contributed by atoms with E-state index < -0.39 is 0 Å². The van der Waals surface area contributed by atoms with E-state index in [1.54, 1.807) is 0 Å². The maximum atomic E-state index is 4.23. The molecule has 0 aliphatic carbocycles. The van der Waals surface area contributed by atoms with Crippen LogP contribution in [0.4, 0.5) is 0 Å². The third-order valence-electron chi connectivity index (χ3n) is 1.69. The largest absolute Gasteiger partial charge is 0.356 e. The first-order valence-corrected chi connectivity index (χ1v) is 4.31. The highest BCUT2D eigenvalue weighted by molar-refractivity contribution is 5.81. The van der Waals surface area contributed by atoms with Crippen molar-refractivity contribution in [2.24, 2.45) is 10.9 Å². The van der Waals surface area contributed by atoms with Gasteiger partial charge in [-0.05, 0) is 12.3 Å². The molecule has 2 N–H and O–H groups in total. The average Bonchev–Trinajstić information content (AvgIpc) is 2.39. The van der Waals surface area contributed by atoms with Crippen LogP contribution in [0.1, 0.15) is 20.3 Å². The molecule has 0 fully saturated rings. The van der Waals surface area contributed by atoms with Crippen molar-refractivity contribution in [3.8, 4) is 0 Å². The molecule has 0 saturated carbocycles. The first-order valence-electron chi connectivity index (χ1n) is 4.31. The van der Waals surface area contributed by atoms with Crippen molar-refractivity contribution < 1.29 is 0 Å². The summed E-state index contributed by atoms with van der Waals surface area (Å²) in [4.78, 5) is 4.23. The summed E-state index contributed by atoms with van der Waals surface area (Å²) in [6.45, 7) is 7.40. The van der Waals surface area contributed by atoms with E-state index >= 15 is 0 Å². The van der Waals surface area contributed by atoms with Crippen LogP contribution in [0.25, 0.3) is 0 Å². The molecule has 1 heterocycles. The van der Waals surface area contributed by atoms with E-state index in [2.05, 4.69) is 29.5 Å². The number of hydrogen-bond acceptors (Lipinski definition) is 3. The van der Waals surface area contributed by atoms with Crippen molar-refractivity contribution in [2.45, 2.75) is 20.3 Å². The topological polar surface area (TPSA) is 36.4 Å². The number of hydrogen-bond donors (Lipinski definition) is 2. The van der Waals surface area contributed by atoms with Gasteiger partial charge in [0, 0.05) is 13.1 Å². The van der Waals surface area contributed by atoms with Crippen LogP contribution in [-0.4, -0.2) is 25.6 Å². The maximum Gasteiger partial charge on any atom is 0.191 e. The fourth-order valence-electron chi connectivity index (χ4n) is 0.996. The molecule has 1 aliphatic heterocycles. The van der Waals surface area contributed by atoms with Gasteiger partial charge in [0.1, 0.15) is 0 Å². The van der Waals surface area contributed by atoms with Gasteiger partial charge in [-0.25, -0.2) is 0 Å². The van der Waals surface area contributed by atoms with Gasteiger partial charge in [-0.1, -0.05) is 13.8 Å². The predicted molar refractivity (Wildman–Crippen MR) is 47.8 cm³/mol. The monoisotopic (exact) mass is 155 g/mol. The lowest BCUT2D eigenvalue weighted by Crippen LogP contribution is -2.34. The first-order chi connectivity index (χ1) is 5.29. The van der Waals surface area contributed by atoms with E-state index in [0.29, 0.717) is 0 Å². The molecule has 0 unspecified atom stereocenters. The number of nitrogens with zero attached hydrogens (tertiary/aromatic N) is 1. The summed E-state index contributed by atoms with van der Waals surface area (Å²) in [6.07, 6.45) is 1.21. The summed E-state index contributed by atoms with van der Waals surface area (Å²) < 4.78 is 0. The molecule has 0 aromatic rings. The Morgan fingerprint density at radius 3 is 3.00 bits per heavy atom. The summed E-state index contributed by atoms with van der Waals surface area (Å²) in [5.74, 6) is 1.75. The van der Waals surface area contributed by atoms with Gasteiger partial charge in [0.2, 0.25) is 0 Å². The normalized spacial score (nSPS) is 16.5. The van der Waals surface area contributed by atoms with Gasteiger partial charge in [-0.15, -0.1) is 0 Å². The smallest absolute Gasteiger partial charge is 0.191 e. The zero-order valence-electron chi connectivity index (χ0n) is 7.35. The van der Waals surface area contributed by atoms with Crippen molar-refractivity contribution in [1.29, 1.82) is 0 Å². The molecular weight excluding hydrogens is 138 g/mol. The van der Waals surface area contributed by atoms with E-state index in [9.17, 15) is 0 Å². The van der Waals surface area contributed by atoms with Crippen molar-refractivity contribution in [1.82, 2.24) is 10.6 Å². The summed E-state index contributed by atoms with van der Waals surface area (Å²) in [7, 11) is 0. The Morgan fingerprint density at radius 1 is 1.64 bits per heavy atom. The zero-order chi connectivity index (χ0) is 8.10. The van der Waals surface area contributed by atoms with Crippen molar-refractivity contribution in [2.75, 3.05) is 19.6 Å². The molecule has 1 rings (SSSR count). The highest BCUT2D eigenvalue weighted by Gasteiger charge is 2.02. The minimum Gasteiger partial charge on any atom is -0.356 e. The summed E-state index contributed by atoms with van der Waals surface area (Å²) in [5, 5.41) is 6.42. The number of aliphatic imine (C=N–C) groups is 1. The van der Waals surface area contributed by atoms with Crippen molar-refractivity contribution in [3.63, 3.8) is 0 Å².